The molecule has 0 saturated heterocycles. The zero-order valence-electron chi connectivity index (χ0n) is 8.94. The van der Waals surface area contributed by atoms with Gasteiger partial charge in [0.1, 0.15) is 0 Å². The molecule has 4 nitrogen and oxygen atoms in total. The molecule has 0 radical (unpaired) electrons. The standard InChI is InChI=1S/C10H16O4/c1-5-6-7(2)8(9(11)13-3)10(12)14-4/h5-8H,1-4H3/t7-/m0/s1. The summed E-state index contributed by atoms with van der Waals surface area (Å²) >= 11 is 0. The van der Waals surface area contributed by atoms with Gasteiger partial charge in [-0.25, -0.2) is 0 Å². The first-order chi connectivity index (χ1) is 6.58. The number of rotatable bonds is 4. The van der Waals surface area contributed by atoms with E-state index in [1.807, 2.05) is 6.92 Å². The molecule has 0 aromatic carbocycles. The lowest BCUT2D eigenvalue weighted by molar-refractivity contribution is -0.160. The fraction of sp³-hybridized carbons (Fsp3) is 0.600. The van der Waals surface area contributed by atoms with E-state index < -0.39 is 17.9 Å². The Hall–Kier alpha value is -1.32. The maximum absolute atomic E-state index is 11.3. The first-order valence-corrected chi connectivity index (χ1v) is 4.37. The van der Waals surface area contributed by atoms with Gasteiger partial charge >= 0.3 is 11.9 Å². The fourth-order valence-electron chi connectivity index (χ4n) is 1.19. The predicted octanol–water partition coefficient (Wildman–Crippen LogP) is 1.16. The number of allylic oxidation sites excluding steroid dienone is 2. The molecule has 0 amide bonds. The Balaban J connectivity index is 4.71. The highest BCUT2D eigenvalue weighted by atomic mass is 16.5. The summed E-state index contributed by atoms with van der Waals surface area (Å²) in [6.07, 6.45) is 3.54. The molecule has 0 aliphatic rings. The van der Waals surface area contributed by atoms with E-state index in [2.05, 4.69) is 9.47 Å². The molecule has 0 fully saturated rings. The third-order valence-corrected chi connectivity index (χ3v) is 1.93. The Morgan fingerprint density at radius 1 is 1.14 bits per heavy atom. The van der Waals surface area contributed by atoms with Crippen molar-refractivity contribution >= 4 is 11.9 Å². The van der Waals surface area contributed by atoms with Crippen LogP contribution in [-0.2, 0) is 19.1 Å². The van der Waals surface area contributed by atoms with Crippen molar-refractivity contribution in [2.24, 2.45) is 11.8 Å². The second kappa shape index (κ2) is 6.18. The molecular formula is C10H16O4. The number of hydrogen-bond acceptors (Lipinski definition) is 4. The second-order valence-corrected chi connectivity index (χ2v) is 2.91. The fourth-order valence-corrected chi connectivity index (χ4v) is 1.19. The highest BCUT2D eigenvalue weighted by molar-refractivity contribution is 5.95. The van der Waals surface area contributed by atoms with Crippen LogP contribution in [0.25, 0.3) is 0 Å². The zero-order chi connectivity index (χ0) is 11.1. The molecule has 0 unspecified atom stereocenters. The van der Waals surface area contributed by atoms with Crippen molar-refractivity contribution in [2.45, 2.75) is 13.8 Å². The van der Waals surface area contributed by atoms with Gasteiger partial charge < -0.3 is 9.47 Å². The molecule has 0 aliphatic heterocycles. The maximum Gasteiger partial charge on any atom is 0.320 e. The molecule has 0 heterocycles. The summed E-state index contributed by atoms with van der Waals surface area (Å²) in [5, 5.41) is 0. The van der Waals surface area contributed by atoms with Crippen LogP contribution in [0.3, 0.4) is 0 Å². The molecule has 0 aromatic heterocycles. The van der Waals surface area contributed by atoms with E-state index in [1.165, 1.54) is 14.2 Å². The predicted molar refractivity (Wildman–Crippen MR) is 51.5 cm³/mol. The van der Waals surface area contributed by atoms with Gasteiger partial charge in [0.15, 0.2) is 5.92 Å². The maximum atomic E-state index is 11.3. The van der Waals surface area contributed by atoms with Gasteiger partial charge in [0, 0.05) is 0 Å². The summed E-state index contributed by atoms with van der Waals surface area (Å²) in [5.41, 5.74) is 0. The van der Waals surface area contributed by atoms with Gasteiger partial charge in [-0.15, -0.1) is 0 Å². The van der Waals surface area contributed by atoms with Gasteiger partial charge in [0.25, 0.3) is 0 Å². The van der Waals surface area contributed by atoms with Crippen LogP contribution in [0, 0.1) is 11.8 Å². The van der Waals surface area contributed by atoms with Crippen molar-refractivity contribution in [3.63, 3.8) is 0 Å². The Morgan fingerprint density at radius 3 is 1.86 bits per heavy atom. The van der Waals surface area contributed by atoms with Crippen molar-refractivity contribution in [1.29, 1.82) is 0 Å². The van der Waals surface area contributed by atoms with Gasteiger partial charge in [0.05, 0.1) is 14.2 Å². The summed E-state index contributed by atoms with van der Waals surface area (Å²) in [6, 6.07) is 0. The molecule has 1 atom stereocenters. The van der Waals surface area contributed by atoms with Crippen LogP contribution < -0.4 is 0 Å². The lowest BCUT2D eigenvalue weighted by atomic mass is 9.94. The van der Waals surface area contributed by atoms with Crippen LogP contribution in [0.4, 0.5) is 0 Å². The first kappa shape index (κ1) is 12.7. The van der Waals surface area contributed by atoms with Crippen molar-refractivity contribution in [2.75, 3.05) is 14.2 Å². The van der Waals surface area contributed by atoms with E-state index in [9.17, 15) is 9.59 Å². The summed E-state index contributed by atoms with van der Waals surface area (Å²) in [7, 11) is 2.50. The van der Waals surface area contributed by atoms with Crippen molar-refractivity contribution < 1.29 is 19.1 Å². The summed E-state index contributed by atoms with van der Waals surface area (Å²) in [4.78, 5) is 22.5. The van der Waals surface area contributed by atoms with Gasteiger partial charge in [-0.1, -0.05) is 19.1 Å². The van der Waals surface area contributed by atoms with E-state index in [0.29, 0.717) is 0 Å². The van der Waals surface area contributed by atoms with Gasteiger partial charge in [0.2, 0.25) is 0 Å². The average Bonchev–Trinajstić information content (AvgIpc) is 2.17. The van der Waals surface area contributed by atoms with Crippen LogP contribution in [0.5, 0.6) is 0 Å². The highest BCUT2D eigenvalue weighted by Crippen LogP contribution is 2.16. The third kappa shape index (κ3) is 3.20. The minimum atomic E-state index is -0.874. The molecule has 4 heteroatoms. The summed E-state index contributed by atoms with van der Waals surface area (Å²) < 4.78 is 9.06. The van der Waals surface area contributed by atoms with E-state index in [0.717, 1.165) is 0 Å². The number of hydrogen-bond donors (Lipinski definition) is 0. The van der Waals surface area contributed by atoms with E-state index in [4.69, 9.17) is 0 Å². The molecule has 0 rings (SSSR count). The molecule has 14 heavy (non-hydrogen) atoms. The number of carbonyl (C=O) groups is 2. The normalized spacial score (nSPS) is 12.9. The van der Waals surface area contributed by atoms with Crippen LogP contribution in [0.1, 0.15) is 13.8 Å². The lowest BCUT2D eigenvalue weighted by Crippen LogP contribution is -2.31. The molecular weight excluding hydrogens is 184 g/mol. The highest BCUT2D eigenvalue weighted by Gasteiger charge is 2.32. The molecule has 0 aromatic rings. The molecule has 0 saturated carbocycles. The second-order valence-electron chi connectivity index (χ2n) is 2.91. The Kier molecular flexibility index (Phi) is 5.60. The lowest BCUT2D eigenvalue weighted by Gasteiger charge is -2.16. The largest absolute Gasteiger partial charge is 0.468 e. The quantitative estimate of drug-likeness (QED) is 0.388. The van der Waals surface area contributed by atoms with E-state index in [1.54, 1.807) is 19.1 Å². The Bertz CT molecular complexity index is 216. The minimum absolute atomic E-state index is 0.222. The monoisotopic (exact) mass is 200 g/mol. The molecule has 0 aliphatic carbocycles. The smallest absolute Gasteiger partial charge is 0.320 e. The van der Waals surface area contributed by atoms with Crippen LogP contribution >= 0.6 is 0 Å². The summed E-state index contributed by atoms with van der Waals surface area (Å²) in [6.45, 7) is 3.58. The van der Waals surface area contributed by atoms with Crippen molar-refractivity contribution in [3.8, 4) is 0 Å². The summed E-state index contributed by atoms with van der Waals surface area (Å²) in [5.74, 6) is -2.23. The topological polar surface area (TPSA) is 52.6 Å². The molecule has 0 spiro atoms. The van der Waals surface area contributed by atoms with Gasteiger partial charge in [-0.05, 0) is 12.8 Å². The van der Waals surface area contributed by atoms with Crippen LogP contribution in [0.2, 0.25) is 0 Å². The van der Waals surface area contributed by atoms with E-state index in [-0.39, 0.29) is 5.92 Å². The van der Waals surface area contributed by atoms with Crippen LogP contribution in [-0.4, -0.2) is 26.2 Å². The molecule has 0 bridgehead atoms. The third-order valence-electron chi connectivity index (χ3n) is 1.93. The Morgan fingerprint density at radius 2 is 1.57 bits per heavy atom. The molecule has 80 valence electrons. The first-order valence-electron chi connectivity index (χ1n) is 4.37. The number of ether oxygens (including phenoxy) is 2. The number of carbonyl (C=O) groups excluding carboxylic acids is 2. The van der Waals surface area contributed by atoms with Crippen molar-refractivity contribution in [3.05, 3.63) is 12.2 Å². The SMILES string of the molecule is CC=C[C@H](C)C(C(=O)OC)C(=O)OC. The van der Waals surface area contributed by atoms with Crippen molar-refractivity contribution in [1.82, 2.24) is 0 Å². The number of esters is 2. The minimum Gasteiger partial charge on any atom is -0.468 e. The van der Waals surface area contributed by atoms with E-state index >= 15 is 0 Å². The van der Waals surface area contributed by atoms with Gasteiger partial charge in [-0.2, -0.15) is 0 Å². The molecule has 0 N–H and O–H groups in total. The Labute approximate surface area is 83.9 Å². The average molecular weight is 200 g/mol. The number of methoxy groups -OCH3 is 2. The van der Waals surface area contributed by atoms with Gasteiger partial charge in [-0.3, -0.25) is 9.59 Å². The zero-order valence-corrected chi connectivity index (χ0v) is 8.94. The van der Waals surface area contributed by atoms with Crippen LogP contribution in [0.15, 0.2) is 12.2 Å².